The predicted molar refractivity (Wildman–Crippen MR) is 122 cm³/mol. The molecular formula is C23H30Cl2N4O. The SMILES string of the molecule is O=C(NN1CCCCC1)c1nn(CCCCCCl)c2c1CCCc1cc(Cl)ccc1-2. The molecule has 1 aliphatic carbocycles. The Morgan fingerprint density at radius 3 is 2.70 bits per heavy atom. The molecule has 0 saturated carbocycles. The summed E-state index contributed by atoms with van der Waals surface area (Å²) in [5.74, 6) is 0.604. The molecule has 2 aromatic rings. The van der Waals surface area contributed by atoms with Crippen LogP contribution in [0.3, 0.4) is 0 Å². The highest BCUT2D eigenvalue weighted by Crippen LogP contribution is 2.36. The summed E-state index contributed by atoms with van der Waals surface area (Å²) in [6, 6.07) is 6.09. The third-order valence-corrected chi connectivity index (χ3v) is 6.58. The number of alkyl halides is 1. The first-order valence-corrected chi connectivity index (χ1v) is 12.1. The molecule has 4 rings (SSSR count). The van der Waals surface area contributed by atoms with Gasteiger partial charge in [-0.25, -0.2) is 5.01 Å². The highest BCUT2D eigenvalue weighted by molar-refractivity contribution is 6.30. The van der Waals surface area contributed by atoms with Crippen LogP contribution in [0, 0.1) is 0 Å². The van der Waals surface area contributed by atoms with E-state index in [2.05, 4.69) is 17.6 Å². The number of hydrogen-bond donors (Lipinski definition) is 1. The molecule has 0 bridgehead atoms. The highest BCUT2D eigenvalue weighted by atomic mass is 35.5. The van der Waals surface area contributed by atoms with Crippen LogP contribution >= 0.6 is 23.2 Å². The van der Waals surface area contributed by atoms with Gasteiger partial charge in [0.1, 0.15) is 0 Å². The number of halogens is 2. The second kappa shape index (κ2) is 10.2. The first kappa shape index (κ1) is 21.7. The van der Waals surface area contributed by atoms with Crippen molar-refractivity contribution in [1.29, 1.82) is 0 Å². The summed E-state index contributed by atoms with van der Waals surface area (Å²) in [5.41, 5.74) is 8.25. The maximum atomic E-state index is 13.2. The molecule has 5 nitrogen and oxygen atoms in total. The molecule has 30 heavy (non-hydrogen) atoms. The number of carbonyl (C=O) groups is 1. The lowest BCUT2D eigenvalue weighted by atomic mass is 10.0. The van der Waals surface area contributed by atoms with Crippen molar-refractivity contribution in [2.24, 2.45) is 0 Å². The molecule has 1 aliphatic heterocycles. The zero-order valence-electron chi connectivity index (χ0n) is 17.4. The van der Waals surface area contributed by atoms with E-state index in [1.807, 2.05) is 15.8 Å². The number of carbonyl (C=O) groups excluding carboxylic acids is 1. The molecule has 2 aliphatic rings. The molecule has 162 valence electrons. The van der Waals surface area contributed by atoms with Crippen LogP contribution in [0.5, 0.6) is 0 Å². The van der Waals surface area contributed by atoms with Crippen molar-refractivity contribution in [1.82, 2.24) is 20.2 Å². The van der Waals surface area contributed by atoms with Crippen LogP contribution in [-0.4, -0.2) is 39.7 Å². The number of nitrogens with zero attached hydrogens (tertiary/aromatic N) is 3. The van der Waals surface area contributed by atoms with Crippen molar-refractivity contribution in [2.45, 2.75) is 64.3 Å². The van der Waals surface area contributed by atoms with Crippen molar-refractivity contribution in [3.8, 4) is 11.3 Å². The Bertz CT molecular complexity index is 890. The molecular weight excluding hydrogens is 419 g/mol. The van der Waals surface area contributed by atoms with E-state index in [9.17, 15) is 4.79 Å². The summed E-state index contributed by atoms with van der Waals surface area (Å²) in [6.45, 7) is 2.61. The van der Waals surface area contributed by atoms with Gasteiger partial charge in [0.2, 0.25) is 0 Å². The van der Waals surface area contributed by atoms with Gasteiger partial charge in [-0.2, -0.15) is 5.10 Å². The Morgan fingerprint density at radius 2 is 1.90 bits per heavy atom. The van der Waals surface area contributed by atoms with E-state index in [0.717, 1.165) is 92.8 Å². The molecule has 1 N–H and O–H groups in total. The minimum Gasteiger partial charge on any atom is -0.283 e. The van der Waals surface area contributed by atoms with Crippen LogP contribution < -0.4 is 5.43 Å². The first-order valence-electron chi connectivity index (χ1n) is 11.2. The van der Waals surface area contributed by atoms with Gasteiger partial charge in [-0.15, -0.1) is 11.6 Å². The molecule has 0 atom stereocenters. The second-order valence-corrected chi connectivity index (χ2v) is 9.11. The fourth-order valence-corrected chi connectivity index (χ4v) is 4.96. The van der Waals surface area contributed by atoms with Gasteiger partial charge in [-0.1, -0.05) is 30.5 Å². The van der Waals surface area contributed by atoms with Crippen LogP contribution in [0.1, 0.15) is 66.6 Å². The van der Waals surface area contributed by atoms with Crippen LogP contribution in [0.15, 0.2) is 18.2 Å². The van der Waals surface area contributed by atoms with Gasteiger partial charge >= 0.3 is 0 Å². The van der Waals surface area contributed by atoms with Crippen molar-refractivity contribution in [2.75, 3.05) is 19.0 Å². The molecule has 1 amide bonds. The van der Waals surface area contributed by atoms with Gasteiger partial charge in [0.05, 0.1) is 5.69 Å². The Balaban J connectivity index is 1.67. The Hall–Kier alpha value is -1.56. The molecule has 0 spiro atoms. The van der Waals surface area contributed by atoms with Crippen molar-refractivity contribution >= 4 is 29.1 Å². The van der Waals surface area contributed by atoms with E-state index in [-0.39, 0.29) is 5.91 Å². The number of unbranched alkanes of at least 4 members (excludes halogenated alkanes) is 2. The van der Waals surface area contributed by atoms with Crippen LogP contribution in [0.2, 0.25) is 5.02 Å². The molecule has 2 heterocycles. The lowest BCUT2D eigenvalue weighted by Crippen LogP contribution is -2.45. The monoisotopic (exact) mass is 448 g/mol. The highest BCUT2D eigenvalue weighted by Gasteiger charge is 2.28. The summed E-state index contributed by atoms with van der Waals surface area (Å²) < 4.78 is 2.05. The Kier molecular flexibility index (Phi) is 7.34. The fourth-order valence-electron chi connectivity index (χ4n) is 4.57. The zero-order valence-corrected chi connectivity index (χ0v) is 18.9. The van der Waals surface area contributed by atoms with E-state index in [4.69, 9.17) is 28.3 Å². The third-order valence-electron chi connectivity index (χ3n) is 6.08. The summed E-state index contributed by atoms with van der Waals surface area (Å²) in [7, 11) is 0. The number of aryl methyl sites for hydroxylation is 2. The van der Waals surface area contributed by atoms with E-state index in [1.54, 1.807) is 0 Å². The van der Waals surface area contributed by atoms with Gasteiger partial charge in [0.15, 0.2) is 5.69 Å². The molecule has 1 aromatic heterocycles. The average molecular weight is 449 g/mol. The number of fused-ring (bicyclic) bond motifs is 3. The average Bonchev–Trinajstić information content (AvgIpc) is 3.00. The molecule has 0 radical (unpaired) electrons. The van der Waals surface area contributed by atoms with Gasteiger partial charge in [0, 0.05) is 41.7 Å². The molecule has 0 unspecified atom stereocenters. The number of amides is 1. The van der Waals surface area contributed by atoms with Crippen molar-refractivity contribution in [3.05, 3.63) is 40.0 Å². The van der Waals surface area contributed by atoms with E-state index >= 15 is 0 Å². The number of piperidine rings is 1. The van der Waals surface area contributed by atoms with E-state index < -0.39 is 0 Å². The summed E-state index contributed by atoms with van der Waals surface area (Å²) >= 11 is 12.1. The van der Waals surface area contributed by atoms with Crippen LogP contribution in [-0.2, 0) is 19.4 Å². The third kappa shape index (κ3) is 4.84. The number of rotatable bonds is 7. The Morgan fingerprint density at radius 1 is 1.07 bits per heavy atom. The van der Waals surface area contributed by atoms with Crippen LogP contribution in [0.25, 0.3) is 11.3 Å². The van der Waals surface area contributed by atoms with Gasteiger partial charge < -0.3 is 0 Å². The fraction of sp³-hybridized carbons (Fsp3) is 0.565. The number of aromatic nitrogens is 2. The predicted octanol–water partition coefficient (Wildman–Crippen LogP) is 5.23. The topological polar surface area (TPSA) is 50.2 Å². The number of hydrogen-bond acceptors (Lipinski definition) is 3. The Labute approximate surface area is 188 Å². The van der Waals surface area contributed by atoms with Gasteiger partial charge in [-0.3, -0.25) is 14.9 Å². The van der Waals surface area contributed by atoms with E-state index in [1.165, 1.54) is 12.0 Å². The minimum atomic E-state index is -0.0786. The maximum absolute atomic E-state index is 13.2. The van der Waals surface area contributed by atoms with Crippen LogP contribution in [0.4, 0.5) is 0 Å². The molecule has 1 aromatic carbocycles. The quantitative estimate of drug-likeness (QED) is 0.465. The number of benzene rings is 1. The van der Waals surface area contributed by atoms with Crippen molar-refractivity contribution in [3.63, 3.8) is 0 Å². The van der Waals surface area contributed by atoms with Gasteiger partial charge in [-0.05, 0) is 62.6 Å². The number of nitrogens with one attached hydrogen (secondary N) is 1. The summed E-state index contributed by atoms with van der Waals surface area (Å²) in [4.78, 5) is 13.2. The van der Waals surface area contributed by atoms with Gasteiger partial charge in [0.25, 0.3) is 5.91 Å². The summed E-state index contributed by atoms with van der Waals surface area (Å²) in [5, 5.41) is 7.63. The zero-order chi connectivity index (χ0) is 20.9. The largest absolute Gasteiger partial charge is 0.286 e. The minimum absolute atomic E-state index is 0.0786. The first-order chi connectivity index (χ1) is 14.7. The standard InChI is InChI=1S/C23H30Cl2N4O/c24-12-3-1-6-15-29-22-19-11-10-18(25)16-17(19)8-7-9-20(22)21(26-29)23(30)27-28-13-4-2-5-14-28/h10-11,16H,1-9,12-15H2,(H,27,30). The molecule has 7 heteroatoms. The lowest BCUT2D eigenvalue weighted by molar-refractivity contribution is 0.0743. The normalized spacial score (nSPS) is 16.6. The lowest BCUT2D eigenvalue weighted by Gasteiger charge is -2.26. The second-order valence-electron chi connectivity index (χ2n) is 8.29. The molecule has 1 fully saturated rings. The summed E-state index contributed by atoms with van der Waals surface area (Å²) in [6.07, 6.45) is 9.34. The van der Waals surface area contributed by atoms with E-state index in [0.29, 0.717) is 11.6 Å². The maximum Gasteiger partial charge on any atom is 0.286 e. The smallest absolute Gasteiger partial charge is 0.283 e. The van der Waals surface area contributed by atoms with Crippen molar-refractivity contribution < 1.29 is 4.79 Å². The molecule has 1 saturated heterocycles. The number of hydrazine groups is 1.